The summed E-state index contributed by atoms with van der Waals surface area (Å²) in [6.07, 6.45) is 2.16. The van der Waals surface area contributed by atoms with Crippen LogP contribution in [-0.2, 0) is 13.0 Å². The number of nitro groups is 1. The van der Waals surface area contributed by atoms with Gasteiger partial charge >= 0.3 is 0 Å². The van der Waals surface area contributed by atoms with Crippen LogP contribution in [0.5, 0.6) is 0 Å². The molecule has 0 spiro atoms. The van der Waals surface area contributed by atoms with Crippen molar-refractivity contribution < 1.29 is 10.0 Å². The van der Waals surface area contributed by atoms with E-state index in [0.29, 0.717) is 44.9 Å². The molecule has 0 bridgehead atoms. The summed E-state index contributed by atoms with van der Waals surface area (Å²) >= 11 is 12.4. The Kier molecular flexibility index (Phi) is 6.69. The normalized spacial score (nSPS) is 12.0. The predicted molar refractivity (Wildman–Crippen MR) is 126 cm³/mol. The fourth-order valence-corrected chi connectivity index (χ4v) is 4.25. The van der Waals surface area contributed by atoms with Crippen LogP contribution in [0, 0.1) is 10.1 Å². The Morgan fingerprint density at radius 1 is 1.12 bits per heavy atom. The number of hydrogen-bond acceptors (Lipinski definition) is 6. The topological polar surface area (TPSA) is 107 Å². The molecule has 1 N–H and O–H groups in total. The van der Waals surface area contributed by atoms with E-state index in [4.69, 9.17) is 23.2 Å². The summed E-state index contributed by atoms with van der Waals surface area (Å²) in [6, 6.07) is 13.2. The van der Waals surface area contributed by atoms with Crippen LogP contribution >= 0.6 is 23.2 Å². The van der Waals surface area contributed by atoms with Crippen LogP contribution in [-0.4, -0.2) is 29.8 Å². The number of aryl methyl sites for hydroxylation is 1. The van der Waals surface area contributed by atoms with Crippen molar-refractivity contribution in [2.45, 2.75) is 26.0 Å². The van der Waals surface area contributed by atoms with Crippen molar-refractivity contribution in [3.8, 4) is 22.8 Å². The first kappa shape index (κ1) is 22.8. The number of nitrogens with zero attached hydrogens (tertiary/aromatic N) is 5. The van der Waals surface area contributed by atoms with Gasteiger partial charge in [-0.3, -0.25) is 15.1 Å². The molecule has 10 heteroatoms. The maximum Gasteiger partial charge on any atom is 0.272 e. The number of halogens is 2. The Morgan fingerprint density at radius 3 is 2.52 bits per heavy atom. The summed E-state index contributed by atoms with van der Waals surface area (Å²) in [5.74, 6) is 1.06. The summed E-state index contributed by atoms with van der Waals surface area (Å²) in [4.78, 5) is 19.9. The van der Waals surface area contributed by atoms with Crippen LogP contribution < -0.4 is 0 Å². The van der Waals surface area contributed by atoms with E-state index in [2.05, 4.69) is 15.1 Å². The summed E-state index contributed by atoms with van der Waals surface area (Å²) < 4.78 is 1.72. The van der Waals surface area contributed by atoms with Crippen LogP contribution in [0.1, 0.15) is 24.2 Å². The third kappa shape index (κ3) is 4.73. The van der Waals surface area contributed by atoms with Crippen molar-refractivity contribution in [2.24, 2.45) is 0 Å². The lowest BCUT2D eigenvalue weighted by atomic mass is 9.98. The lowest BCUT2D eigenvalue weighted by Gasteiger charge is -2.15. The minimum absolute atomic E-state index is 0.0523. The molecular weight excluding hydrogens is 465 g/mol. The van der Waals surface area contributed by atoms with Gasteiger partial charge in [-0.05, 0) is 43.3 Å². The minimum atomic E-state index is -1.13. The molecule has 8 nitrogen and oxygen atoms in total. The fourth-order valence-electron chi connectivity index (χ4n) is 3.60. The molecule has 0 saturated heterocycles. The first-order chi connectivity index (χ1) is 15.9. The smallest absolute Gasteiger partial charge is 0.272 e. The van der Waals surface area contributed by atoms with Gasteiger partial charge in [-0.2, -0.15) is 5.10 Å². The van der Waals surface area contributed by atoms with Crippen molar-refractivity contribution >= 4 is 28.9 Å². The standard InChI is InChI=1S/C23H19Cl2N5O3/c1-2-29-23(27-22(28-29)15-5-4-10-26-13-15)14-8-9-19(30(32)33)16(11-14)12-20(31)21-17(24)6-3-7-18(21)25/h3-11,13,20,31H,2,12H2,1H3. The molecule has 0 aliphatic rings. The van der Waals surface area contributed by atoms with Crippen molar-refractivity contribution in [1.82, 2.24) is 19.7 Å². The molecule has 0 saturated carbocycles. The Balaban J connectivity index is 1.76. The molecule has 4 aromatic rings. The molecule has 0 radical (unpaired) electrons. The summed E-state index contributed by atoms with van der Waals surface area (Å²) in [6.45, 7) is 2.48. The fraction of sp³-hybridized carbons (Fsp3) is 0.174. The molecule has 0 aliphatic heterocycles. The van der Waals surface area contributed by atoms with E-state index < -0.39 is 11.0 Å². The van der Waals surface area contributed by atoms with Crippen LogP contribution in [0.2, 0.25) is 10.0 Å². The van der Waals surface area contributed by atoms with Gasteiger partial charge in [0.15, 0.2) is 11.6 Å². The second-order valence-corrected chi connectivity index (χ2v) is 8.09. The first-order valence-corrected chi connectivity index (χ1v) is 10.9. The minimum Gasteiger partial charge on any atom is -0.388 e. The molecule has 1 unspecified atom stereocenters. The van der Waals surface area contributed by atoms with Crippen LogP contribution in [0.4, 0.5) is 5.69 Å². The SMILES string of the molecule is CCn1nc(-c2cccnc2)nc1-c1ccc([N+](=O)[O-])c(CC(O)c2c(Cl)cccc2Cl)c1. The van der Waals surface area contributed by atoms with E-state index in [1.807, 2.05) is 13.0 Å². The van der Waals surface area contributed by atoms with Crippen molar-refractivity contribution in [1.29, 1.82) is 0 Å². The Hall–Kier alpha value is -3.33. The highest BCUT2D eigenvalue weighted by Crippen LogP contribution is 2.35. The second-order valence-electron chi connectivity index (χ2n) is 7.27. The van der Waals surface area contributed by atoms with Gasteiger partial charge in [-0.15, -0.1) is 0 Å². The molecule has 168 valence electrons. The first-order valence-electron chi connectivity index (χ1n) is 10.1. The van der Waals surface area contributed by atoms with Crippen molar-refractivity contribution in [2.75, 3.05) is 0 Å². The molecule has 2 aromatic heterocycles. The lowest BCUT2D eigenvalue weighted by molar-refractivity contribution is -0.385. The van der Waals surface area contributed by atoms with Crippen LogP contribution in [0.15, 0.2) is 60.9 Å². The van der Waals surface area contributed by atoms with Crippen LogP contribution in [0.25, 0.3) is 22.8 Å². The van der Waals surface area contributed by atoms with Gasteiger partial charge in [0.25, 0.3) is 5.69 Å². The lowest BCUT2D eigenvalue weighted by Crippen LogP contribution is -2.07. The van der Waals surface area contributed by atoms with Crippen molar-refractivity contribution in [3.63, 3.8) is 0 Å². The molecule has 33 heavy (non-hydrogen) atoms. The quantitative estimate of drug-likeness (QED) is 0.274. The molecule has 0 fully saturated rings. The number of benzene rings is 2. The maximum absolute atomic E-state index is 11.7. The van der Waals surface area contributed by atoms with Gasteiger partial charge in [-0.1, -0.05) is 29.3 Å². The van der Waals surface area contributed by atoms with Gasteiger partial charge in [-0.25, -0.2) is 9.67 Å². The third-order valence-corrected chi connectivity index (χ3v) is 5.83. The summed E-state index contributed by atoms with van der Waals surface area (Å²) in [5.41, 5.74) is 1.94. The van der Waals surface area contributed by atoms with Crippen LogP contribution in [0.3, 0.4) is 0 Å². The summed E-state index contributed by atoms with van der Waals surface area (Å²) in [7, 11) is 0. The highest BCUT2D eigenvalue weighted by atomic mass is 35.5. The Labute approximate surface area is 199 Å². The van der Waals surface area contributed by atoms with Gasteiger partial charge in [0, 0.05) is 63.7 Å². The largest absolute Gasteiger partial charge is 0.388 e. The number of aliphatic hydroxyl groups excluding tert-OH is 1. The Bertz CT molecular complexity index is 1290. The monoisotopic (exact) mass is 483 g/mol. The highest BCUT2D eigenvalue weighted by Gasteiger charge is 2.23. The van der Waals surface area contributed by atoms with E-state index in [1.54, 1.807) is 53.5 Å². The molecule has 1 atom stereocenters. The molecule has 4 rings (SSSR count). The highest BCUT2D eigenvalue weighted by molar-refractivity contribution is 6.36. The Morgan fingerprint density at radius 2 is 1.88 bits per heavy atom. The molecule has 0 aliphatic carbocycles. The zero-order valence-electron chi connectivity index (χ0n) is 17.5. The van der Waals surface area contributed by atoms with Gasteiger partial charge < -0.3 is 5.11 Å². The number of aliphatic hydroxyl groups is 1. The number of hydrogen-bond donors (Lipinski definition) is 1. The zero-order chi connectivity index (χ0) is 23.5. The predicted octanol–water partition coefficient (Wildman–Crippen LogP) is 5.52. The van der Waals surface area contributed by atoms with E-state index in [9.17, 15) is 15.2 Å². The average molecular weight is 484 g/mol. The van der Waals surface area contributed by atoms with Gasteiger partial charge in [0.05, 0.1) is 11.0 Å². The van der Waals surface area contributed by atoms with E-state index in [-0.39, 0.29) is 12.1 Å². The average Bonchev–Trinajstić information content (AvgIpc) is 3.24. The third-order valence-electron chi connectivity index (χ3n) is 5.17. The summed E-state index contributed by atoms with van der Waals surface area (Å²) in [5, 5.41) is 27.6. The number of rotatable bonds is 7. The molecule has 2 aromatic carbocycles. The van der Waals surface area contributed by atoms with E-state index in [0.717, 1.165) is 5.56 Å². The van der Waals surface area contributed by atoms with Gasteiger partial charge in [0.1, 0.15) is 0 Å². The van der Waals surface area contributed by atoms with E-state index >= 15 is 0 Å². The number of nitro benzene ring substituents is 1. The molecule has 0 amide bonds. The zero-order valence-corrected chi connectivity index (χ0v) is 19.0. The molecular formula is C23H19Cl2N5O3. The maximum atomic E-state index is 11.7. The van der Waals surface area contributed by atoms with Gasteiger partial charge in [0.2, 0.25) is 0 Å². The number of aromatic nitrogens is 4. The van der Waals surface area contributed by atoms with Crippen molar-refractivity contribution in [3.05, 3.63) is 92.2 Å². The van der Waals surface area contributed by atoms with E-state index in [1.165, 1.54) is 6.07 Å². The number of pyridine rings is 1. The second kappa shape index (κ2) is 9.66. The molecule has 2 heterocycles.